The topological polar surface area (TPSA) is 147 Å². The smallest absolute Gasteiger partial charge is 0.266 e. The van der Waals surface area contributed by atoms with E-state index in [0.29, 0.717) is 60.0 Å². The van der Waals surface area contributed by atoms with Gasteiger partial charge in [-0.2, -0.15) is 9.90 Å². The third-order valence-corrected chi connectivity index (χ3v) is 9.38. The van der Waals surface area contributed by atoms with E-state index in [1.165, 1.54) is 11.0 Å². The van der Waals surface area contributed by atoms with Crippen molar-refractivity contribution in [2.24, 2.45) is 11.3 Å². The summed E-state index contributed by atoms with van der Waals surface area (Å²) in [7, 11) is 0. The van der Waals surface area contributed by atoms with Gasteiger partial charge in [0.25, 0.3) is 12.3 Å². The number of halogens is 2. The number of nitrogens with one attached hydrogen (secondary N) is 1. The van der Waals surface area contributed by atoms with E-state index in [9.17, 15) is 23.5 Å². The van der Waals surface area contributed by atoms with Gasteiger partial charge in [-0.05, 0) is 56.0 Å². The normalized spacial score (nSPS) is 20.5. The molecule has 4 aromatic heterocycles. The van der Waals surface area contributed by atoms with Crippen LogP contribution in [0.2, 0.25) is 0 Å². The van der Waals surface area contributed by atoms with Crippen molar-refractivity contribution in [3.8, 4) is 11.4 Å². The number of carbonyl (C=O) groups excluding carboxylic acids is 2. The lowest BCUT2D eigenvalue weighted by Gasteiger charge is -2.62. The molecule has 0 bridgehead atoms. The number of carbonyl (C=O) groups is 2. The zero-order valence-electron chi connectivity index (χ0n) is 23.9. The fraction of sp³-hybridized carbons (Fsp3) is 0.483. The Bertz CT molecular complexity index is 1800. The molecule has 2 N–H and O–H groups in total. The highest BCUT2D eigenvalue weighted by atomic mass is 19.3. The van der Waals surface area contributed by atoms with Crippen LogP contribution in [0.4, 0.5) is 20.2 Å². The van der Waals surface area contributed by atoms with Gasteiger partial charge < -0.3 is 20.2 Å². The second-order valence-electron chi connectivity index (χ2n) is 12.8. The van der Waals surface area contributed by atoms with Crippen LogP contribution in [0.3, 0.4) is 0 Å². The molecule has 1 spiro atoms. The third-order valence-electron chi connectivity index (χ3n) is 9.38. The molecular formula is C29H30F2N10O3. The highest BCUT2D eigenvalue weighted by molar-refractivity contribution is 6.09. The van der Waals surface area contributed by atoms with E-state index in [1.807, 2.05) is 17.0 Å². The number of rotatable bonds is 7. The van der Waals surface area contributed by atoms with E-state index in [2.05, 4.69) is 35.7 Å². The van der Waals surface area contributed by atoms with Crippen LogP contribution in [-0.2, 0) is 4.79 Å². The van der Waals surface area contributed by atoms with E-state index < -0.39 is 12.0 Å². The van der Waals surface area contributed by atoms with Gasteiger partial charge in [-0.25, -0.2) is 13.3 Å². The van der Waals surface area contributed by atoms with Crippen molar-refractivity contribution < 1.29 is 23.5 Å². The zero-order chi connectivity index (χ0) is 30.4. The summed E-state index contributed by atoms with van der Waals surface area (Å²) in [6.07, 6.45) is 4.28. The summed E-state index contributed by atoms with van der Waals surface area (Å²) >= 11 is 0. The maximum Gasteiger partial charge on any atom is 0.266 e. The van der Waals surface area contributed by atoms with Gasteiger partial charge in [0.2, 0.25) is 11.7 Å². The summed E-state index contributed by atoms with van der Waals surface area (Å²) < 4.78 is 27.8. The number of pyridine rings is 2. The molecule has 2 amide bonds. The van der Waals surface area contributed by atoms with Crippen LogP contribution < -0.4 is 10.2 Å². The second kappa shape index (κ2) is 9.48. The SMILES string of the molecule is Cc1ncc(-c2nnn(C3CN(C(=O)C4CC4)C3)n2)cc1NC(=O)c1cnn2ccc(N3CC4(C3)CC(O)(C(F)F)C4)cc12. The number of alkyl halides is 2. The molecule has 0 atom stereocenters. The van der Waals surface area contributed by atoms with Crippen LogP contribution in [0.15, 0.2) is 36.8 Å². The van der Waals surface area contributed by atoms with Crippen LogP contribution >= 0.6 is 0 Å². The number of aromatic nitrogens is 7. The zero-order valence-corrected chi connectivity index (χ0v) is 23.9. The Balaban J connectivity index is 0.952. The lowest BCUT2D eigenvalue weighted by atomic mass is 9.55. The van der Waals surface area contributed by atoms with Crippen molar-refractivity contribution in [3.05, 3.63) is 48.0 Å². The molecule has 4 aliphatic rings. The van der Waals surface area contributed by atoms with E-state index in [1.54, 1.807) is 29.9 Å². The second-order valence-corrected chi connectivity index (χ2v) is 12.8. The molecule has 0 unspecified atom stereocenters. The van der Waals surface area contributed by atoms with E-state index in [4.69, 9.17) is 0 Å². The van der Waals surface area contributed by atoms with E-state index in [0.717, 1.165) is 18.5 Å². The van der Waals surface area contributed by atoms with Crippen LogP contribution in [0.1, 0.15) is 47.8 Å². The molecule has 2 saturated carbocycles. The third kappa shape index (κ3) is 4.40. The molecule has 228 valence electrons. The number of tetrazole rings is 1. The molecule has 2 aliphatic heterocycles. The highest BCUT2D eigenvalue weighted by Gasteiger charge is 2.63. The lowest BCUT2D eigenvalue weighted by molar-refractivity contribution is -0.209. The summed E-state index contributed by atoms with van der Waals surface area (Å²) in [5.41, 5.74) is 1.33. The number of amides is 2. The molecular weight excluding hydrogens is 574 g/mol. The molecule has 15 heteroatoms. The molecule has 8 rings (SSSR count). The maximum absolute atomic E-state index is 13.4. The Morgan fingerprint density at radius 3 is 2.64 bits per heavy atom. The minimum atomic E-state index is -2.74. The molecule has 0 radical (unpaired) electrons. The predicted molar refractivity (Wildman–Crippen MR) is 152 cm³/mol. The van der Waals surface area contributed by atoms with Gasteiger partial charge in [0, 0.05) is 61.2 Å². The van der Waals surface area contributed by atoms with Crippen molar-refractivity contribution in [2.45, 2.75) is 50.7 Å². The molecule has 2 saturated heterocycles. The van der Waals surface area contributed by atoms with Crippen LogP contribution in [-0.4, -0.2) is 94.8 Å². The van der Waals surface area contributed by atoms with Gasteiger partial charge in [-0.15, -0.1) is 10.2 Å². The number of likely N-dealkylation sites (tertiary alicyclic amines) is 1. The summed E-state index contributed by atoms with van der Waals surface area (Å²) in [5.74, 6) is 0.394. The highest BCUT2D eigenvalue weighted by Crippen LogP contribution is 2.56. The Morgan fingerprint density at radius 2 is 1.91 bits per heavy atom. The molecule has 6 heterocycles. The Labute approximate surface area is 249 Å². The average Bonchev–Trinajstić information content (AvgIpc) is 3.53. The monoisotopic (exact) mass is 604 g/mol. The van der Waals surface area contributed by atoms with Crippen molar-refractivity contribution in [1.29, 1.82) is 0 Å². The molecule has 2 aliphatic carbocycles. The number of aliphatic hydroxyl groups is 1. The molecule has 13 nitrogen and oxygen atoms in total. The lowest BCUT2D eigenvalue weighted by Crippen LogP contribution is -2.70. The molecule has 0 aromatic carbocycles. The van der Waals surface area contributed by atoms with Crippen LogP contribution in [0.5, 0.6) is 0 Å². The average molecular weight is 605 g/mol. The van der Waals surface area contributed by atoms with Gasteiger partial charge in [-0.3, -0.25) is 14.6 Å². The van der Waals surface area contributed by atoms with Crippen molar-refractivity contribution in [3.63, 3.8) is 0 Å². The van der Waals surface area contributed by atoms with Gasteiger partial charge in [0.1, 0.15) is 11.6 Å². The number of hydrogen-bond donors (Lipinski definition) is 2. The van der Waals surface area contributed by atoms with E-state index >= 15 is 0 Å². The minimum absolute atomic E-state index is 0.0200. The van der Waals surface area contributed by atoms with Crippen molar-refractivity contribution in [1.82, 2.24) is 39.7 Å². The van der Waals surface area contributed by atoms with Gasteiger partial charge >= 0.3 is 0 Å². The molecule has 4 aromatic rings. The standard InChI is InChI=1S/C29H30F2N10O3/c1-16-22(6-18(8-32-16)24-35-37-41(36-24)20-10-38(11-20)26(43)17-2-3-17)34-25(42)21-9-33-40-5-4-19(7-23(21)40)39-14-28(15-39)12-29(44,13-28)27(30)31/h4-9,17,20,27,44H,2-3,10-15H2,1H3,(H,34,42). The first-order valence-corrected chi connectivity index (χ1v) is 14.7. The summed E-state index contributed by atoms with van der Waals surface area (Å²) in [6, 6.07) is 5.46. The number of nitrogens with zero attached hydrogens (tertiary/aromatic N) is 9. The number of fused-ring (bicyclic) bond motifs is 1. The maximum atomic E-state index is 13.4. The Hall–Kier alpha value is -4.53. The van der Waals surface area contributed by atoms with E-state index in [-0.39, 0.29) is 42.0 Å². The Kier molecular flexibility index (Phi) is 5.83. The summed E-state index contributed by atoms with van der Waals surface area (Å²) in [5, 5.41) is 30.1. The fourth-order valence-corrected chi connectivity index (χ4v) is 6.75. The Morgan fingerprint density at radius 1 is 1.14 bits per heavy atom. The van der Waals surface area contributed by atoms with Crippen molar-refractivity contribution in [2.75, 3.05) is 36.4 Å². The molecule has 4 fully saturated rings. The predicted octanol–water partition coefficient (Wildman–Crippen LogP) is 2.33. The summed E-state index contributed by atoms with van der Waals surface area (Å²) in [6.45, 7) is 4.07. The largest absolute Gasteiger partial charge is 0.384 e. The number of anilines is 2. The quantitative estimate of drug-likeness (QED) is 0.325. The van der Waals surface area contributed by atoms with Gasteiger partial charge in [-0.1, -0.05) is 0 Å². The van der Waals surface area contributed by atoms with Crippen molar-refractivity contribution >= 4 is 28.7 Å². The van der Waals surface area contributed by atoms with Gasteiger partial charge in [0.15, 0.2) is 0 Å². The van der Waals surface area contributed by atoms with Gasteiger partial charge in [0.05, 0.1) is 28.7 Å². The summed E-state index contributed by atoms with van der Waals surface area (Å²) in [4.78, 5) is 35.5. The fourth-order valence-electron chi connectivity index (χ4n) is 6.75. The minimum Gasteiger partial charge on any atom is -0.384 e. The number of hydrogen-bond acceptors (Lipinski definition) is 9. The first-order chi connectivity index (χ1) is 21.1. The van der Waals surface area contributed by atoms with Crippen LogP contribution in [0.25, 0.3) is 16.9 Å². The number of aryl methyl sites for hydroxylation is 1. The van der Waals surface area contributed by atoms with Crippen LogP contribution in [0, 0.1) is 18.3 Å². The first-order valence-electron chi connectivity index (χ1n) is 14.7. The molecule has 44 heavy (non-hydrogen) atoms. The first kappa shape index (κ1) is 27.0.